The van der Waals surface area contributed by atoms with Gasteiger partial charge in [-0.3, -0.25) is 9.78 Å². The van der Waals surface area contributed by atoms with E-state index >= 15 is 0 Å². The number of pyridine rings is 1. The van der Waals surface area contributed by atoms with Gasteiger partial charge < -0.3 is 14.6 Å². The molecule has 3 aromatic heterocycles. The fraction of sp³-hybridized carbons (Fsp3) is 0.350. The van der Waals surface area contributed by atoms with Crippen LogP contribution in [0.4, 0.5) is 5.95 Å². The van der Waals surface area contributed by atoms with Gasteiger partial charge in [-0.05, 0) is 24.6 Å². The third kappa shape index (κ3) is 3.71. The number of oxazole rings is 1. The molecule has 144 valence electrons. The van der Waals surface area contributed by atoms with E-state index in [0.717, 1.165) is 24.2 Å². The summed E-state index contributed by atoms with van der Waals surface area (Å²) in [5, 5.41) is 3.05. The lowest BCUT2D eigenvalue weighted by atomic mass is 10.1. The normalized spacial score (nSPS) is 16.5. The van der Waals surface area contributed by atoms with E-state index < -0.39 is 0 Å². The van der Waals surface area contributed by atoms with Gasteiger partial charge in [0.25, 0.3) is 5.91 Å². The molecule has 1 amide bonds. The average molecular weight is 378 g/mol. The molecule has 0 aromatic carbocycles. The van der Waals surface area contributed by atoms with Gasteiger partial charge in [0.15, 0.2) is 12.1 Å². The number of amides is 1. The molecule has 3 aromatic rings. The Labute approximate surface area is 163 Å². The number of carbonyl (C=O) groups excluding carboxylic acids is 1. The van der Waals surface area contributed by atoms with Crippen LogP contribution in [0, 0.1) is 0 Å². The van der Waals surface area contributed by atoms with Crippen LogP contribution in [0.15, 0.2) is 47.6 Å². The molecule has 1 unspecified atom stereocenters. The highest BCUT2D eigenvalue weighted by Gasteiger charge is 2.28. The number of anilines is 1. The van der Waals surface area contributed by atoms with Gasteiger partial charge in [0, 0.05) is 49.2 Å². The highest BCUT2D eigenvalue weighted by atomic mass is 16.3. The Morgan fingerprint density at radius 1 is 1.29 bits per heavy atom. The number of hydrogen-bond acceptors (Lipinski definition) is 7. The van der Waals surface area contributed by atoms with Crippen LogP contribution in [0.1, 0.15) is 42.4 Å². The maximum Gasteiger partial charge on any atom is 0.273 e. The van der Waals surface area contributed by atoms with E-state index in [1.165, 1.54) is 6.39 Å². The molecule has 0 radical (unpaired) electrons. The molecule has 0 bridgehead atoms. The standard InChI is InChI=1S/C20H22N6O2/c1-13(2)18-17(23-12-28-18)19(27)24-15-6-9-26(11-15)20-22-8-5-16(25-20)14-4-3-7-21-10-14/h3-5,7-8,10,12-13,15H,6,9,11H2,1-2H3,(H,24,27). The van der Waals surface area contributed by atoms with E-state index in [1.807, 2.05) is 32.0 Å². The molecule has 28 heavy (non-hydrogen) atoms. The van der Waals surface area contributed by atoms with Gasteiger partial charge in [0.05, 0.1) is 5.69 Å². The van der Waals surface area contributed by atoms with Gasteiger partial charge in [-0.2, -0.15) is 0 Å². The number of nitrogens with one attached hydrogen (secondary N) is 1. The smallest absolute Gasteiger partial charge is 0.273 e. The second-order valence-electron chi connectivity index (χ2n) is 7.11. The van der Waals surface area contributed by atoms with Crippen molar-refractivity contribution in [2.24, 2.45) is 0 Å². The second-order valence-corrected chi connectivity index (χ2v) is 7.11. The second kappa shape index (κ2) is 7.75. The molecule has 1 fully saturated rings. The van der Waals surface area contributed by atoms with Crippen molar-refractivity contribution in [2.75, 3.05) is 18.0 Å². The van der Waals surface area contributed by atoms with Crippen LogP contribution in [-0.4, -0.2) is 45.0 Å². The van der Waals surface area contributed by atoms with Crippen LogP contribution in [-0.2, 0) is 0 Å². The summed E-state index contributed by atoms with van der Waals surface area (Å²) < 4.78 is 5.35. The third-order valence-corrected chi connectivity index (χ3v) is 4.74. The van der Waals surface area contributed by atoms with Gasteiger partial charge in [-0.25, -0.2) is 15.0 Å². The fourth-order valence-corrected chi connectivity index (χ4v) is 3.32. The molecule has 4 rings (SSSR count). The maximum absolute atomic E-state index is 12.6. The van der Waals surface area contributed by atoms with Gasteiger partial charge >= 0.3 is 0 Å². The van der Waals surface area contributed by atoms with Crippen molar-refractivity contribution in [3.8, 4) is 11.3 Å². The number of nitrogens with zero attached hydrogens (tertiary/aromatic N) is 5. The Kier molecular flexibility index (Phi) is 5.01. The summed E-state index contributed by atoms with van der Waals surface area (Å²) in [4.78, 5) is 31.9. The Hall–Kier alpha value is -3.29. The predicted octanol–water partition coefficient (Wildman–Crippen LogP) is 2.66. The van der Waals surface area contributed by atoms with E-state index in [0.29, 0.717) is 23.9 Å². The molecule has 0 aliphatic carbocycles. The monoisotopic (exact) mass is 378 g/mol. The minimum atomic E-state index is -0.200. The zero-order valence-corrected chi connectivity index (χ0v) is 15.9. The van der Waals surface area contributed by atoms with Gasteiger partial charge in [-0.15, -0.1) is 0 Å². The number of rotatable bonds is 5. The molecular weight excluding hydrogens is 356 g/mol. The first kappa shape index (κ1) is 18.1. The fourth-order valence-electron chi connectivity index (χ4n) is 3.32. The molecular formula is C20H22N6O2. The SMILES string of the molecule is CC(C)c1ocnc1C(=O)NC1CCN(c2nccc(-c3cccnc3)n2)C1. The van der Waals surface area contributed by atoms with Crippen molar-refractivity contribution in [3.63, 3.8) is 0 Å². The summed E-state index contributed by atoms with van der Waals surface area (Å²) in [5.74, 6) is 1.17. The van der Waals surface area contributed by atoms with E-state index in [-0.39, 0.29) is 17.9 Å². The summed E-state index contributed by atoms with van der Waals surface area (Å²) >= 11 is 0. The molecule has 0 spiro atoms. The topological polar surface area (TPSA) is 97.0 Å². The zero-order chi connectivity index (χ0) is 19.5. The van der Waals surface area contributed by atoms with E-state index in [1.54, 1.807) is 18.6 Å². The number of hydrogen-bond donors (Lipinski definition) is 1. The Balaban J connectivity index is 1.43. The van der Waals surface area contributed by atoms with Crippen LogP contribution >= 0.6 is 0 Å². The molecule has 8 nitrogen and oxygen atoms in total. The Morgan fingerprint density at radius 2 is 2.18 bits per heavy atom. The number of aromatic nitrogens is 4. The molecule has 1 aliphatic rings. The van der Waals surface area contributed by atoms with Gasteiger partial charge in [0.1, 0.15) is 5.76 Å². The first-order chi connectivity index (χ1) is 13.6. The van der Waals surface area contributed by atoms with Crippen molar-refractivity contribution in [2.45, 2.75) is 32.2 Å². The van der Waals surface area contributed by atoms with Gasteiger partial charge in [0.2, 0.25) is 5.95 Å². The lowest BCUT2D eigenvalue weighted by Crippen LogP contribution is -2.38. The predicted molar refractivity (Wildman–Crippen MR) is 104 cm³/mol. The van der Waals surface area contributed by atoms with Crippen molar-refractivity contribution < 1.29 is 9.21 Å². The minimum absolute atomic E-state index is 0.00913. The Bertz CT molecular complexity index is 956. The van der Waals surface area contributed by atoms with Crippen LogP contribution in [0.25, 0.3) is 11.3 Å². The zero-order valence-electron chi connectivity index (χ0n) is 15.9. The molecule has 0 saturated carbocycles. The minimum Gasteiger partial charge on any atom is -0.447 e. The largest absolute Gasteiger partial charge is 0.447 e. The van der Waals surface area contributed by atoms with E-state index in [9.17, 15) is 4.79 Å². The summed E-state index contributed by atoms with van der Waals surface area (Å²) in [5.41, 5.74) is 2.14. The van der Waals surface area contributed by atoms with Crippen LogP contribution in [0.2, 0.25) is 0 Å². The summed E-state index contributed by atoms with van der Waals surface area (Å²) in [6.07, 6.45) is 7.41. The molecule has 1 aliphatic heterocycles. The average Bonchev–Trinajstić information content (AvgIpc) is 3.38. The summed E-state index contributed by atoms with van der Waals surface area (Å²) in [7, 11) is 0. The van der Waals surface area contributed by atoms with Crippen molar-refractivity contribution >= 4 is 11.9 Å². The highest BCUT2D eigenvalue weighted by molar-refractivity contribution is 5.93. The van der Waals surface area contributed by atoms with Crippen LogP contribution in [0.3, 0.4) is 0 Å². The van der Waals surface area contributed by atoms with Crippen molar-refractivity contribution in [1.82, 2.24) is 25.3 Å². The van der Waals surface area contributed by atoms with Crippen LogP contribution in [0.5, 0.6) is 0 Å². The van der Waals surface area contributed by atoms with Crippen molar-refractivity contribution in [1.29, 1.82) is 0 Å². The molecule has 1 N–H and O–H groups in total. The van der Waals surface area contributed by atoms with Crippen molar-refractivity contribution in [3.05, 3.63) is 54.6 Å². The highest BCUT2D eigenvalue weighted by Crippen LogP contribution is 2.22. The lowest BCUT2D eigenvalue weighted by Gasteiger charge is -2.17. The molecule has 8 heteroatoms. The molecule has 4 heterocycles. The Morgan fingerprint density at radius 3 is 2.96 bits per heavy atom. The lowest BCUT2D eigenvalue weighted by molar-refractivity contribution is 0.0933. The summed E-state index contributed by atoms with van der Waals surface area (Å²) in [6, 6.07) is 5.73. The first-order valence-electron chi connectivity index (χ1n) is 9.34. The molecule has 1 saturated heterocycles. The maximum atomic E-state index is 12.6. The number of carbonyl (C=O) groups is 1. The van der Waals surface area contributed by atoms with Crippen LogP contribution < -0.4 is 10.2 Å². The quantitative estimate of drug-likeness (QED) is 0.729. The van der Waals surface area contributed by atoms with E-state index in [4.69, 9.17) is 4.42 Å². The summed E-state index contributed by atoms with van der Waals surface area (Å²) in [6.45, 7) is 5.37. The third-order valence-electron chi connectivity index (χ3n) is 4.74. The first-order valence-corrected chi connectivity index (χ1v) is 9.34. The molecule has 1 atom stereocenters. The van der Waals surface area contributed by atoms with Gasteiger partial charge in [-0.1, -0.05) is 13.8 Å². The van der Waals surface area contributed by atoms with E-state index in [2.05, 4.69) is 30.2 Å².